The number of fused-ring (bicyclic) bond motifs is 3. The summed E-state index contributed by atoms with van der Waals surface area (Å²) in [5.41, 5.74) is 3.02. The van der Waals surface area contributed by atoms with Gasteiger partial charge in [0.1, 0.15) is 0 Å². The van der Waals surface area contributed by atoms with Crippen molar-refractivity contribution in [3.63, 3.8) is 0 Å². The van der Waals surface area contributed by atoms with Gasteiger partial charge in [-0.1, -0.05) is 63.6 Å². The fourth-order valence-corrected chi connectivity index (χ4v) is 3.39. The van der Waals surface area contributed by atoms with Gasteiger partial charge in [0.25, 0.3) is 0 Å². The first-order chi connectivity index (χ1) is 12.8. The normalized spacial score (nSPS) is 11.1. The number of unbranched alkanes of at least 4 members (excludes halogenated alkanes) is 6. The van der Waals surface area contributed by atoms with Crippen LogP contribution in [0.25, 0.3) is 21.8 Å². The first-order valence-electron chi connectivity index (χ1n) is 9.83. The highest BCUT2D eigenvalue weighted by Crippen LogP contribution is 2.27. The summed E-state index contributed by atoms with van der Waals surface area (Å²) in [4.78, 5) is 15.5. The number of urea groups is 1. The van der Waals surface area contributed by atoms with E-state index in [1.54, 1.807) is 0 Å². The van der Waals surface area contributed by atoms with E-state index in [1.165, 1.54) is 43.9 Å². The molecule has 4 nitrogen and oxygen atoms in total. The molecule has 0 saturated carbocycles. The molecule has 0 saturated heterocycles. The lowest BCUT2D eigenvalue weighted by molar-refractivity contribution is 0.252. The van der Waals surface area contributed by atoms with Crippen LogP contribution in [-0.2, 0) is 0 Å². The van der Waals surface area contributed by atoms with Gasteiger partial charge in [0, 0.05) is 34.0 Å². The predicted molar refractivity (Wildman–Crippen MR) is 111 cm³/mol. The minimum absolute atomic E-state index is 0.129. The molecule has 0 radical (unpaired) electrons. The van der Waals surface area contributed by atoms with E-state index in [0.29, 0.717) is 0 Å². The maximum absolute atomic E-state index is 12.1. The van der Waals surface area contributed by atoms with E-state index in [4.69, 9.17) is 0 Å². The fraction of sp³-hybridized carbons (Fsp3) is 0.409. The molecule has 0 spiro atoms. The molecule has 1 heterocycles. The second-order valence-electron chi connectivity index (χ2n) is 6.93. The van der Waals surface area contributed by atoms with Gasteiger partial charge in [0.15, 0.2) is 0 Å². The Hall–Kier alpha value is -2.49. The summed E-state index contributed by atoms with van der Waals surface area (Å²) in [7, 11) is 0. The highest BCUT2D eigenvalue weighted by Gasteiger charge is 2.06. The first kappa shape index (κ1) is 18.3. The van der Waals surface area contributed by atoms with Crippen LogP contribution in [0.1, 0.15) is 51.9 Å². The first-order valence-corrected chi connectivity index (χ1v) is 9.83. The lowest BCUT2D eigenvalue weighted by atomic mass is 10.1. The molecule has 0 fully saturated rings. The van der Waals surface area contributed by atoms with E-state index < -0.39 is 0 Å². The molecular formula is C22H29N3O. The van der Waals surface area contributed by atoms with Gasteiger partial charge in [0.2, 0.25) is 0 Å². The minimum atomic E-state index is -0.129. The van der Waals surface area contributed by atoms with Crippen LogP contribution in [0, 0.1) is 0 Å². The molecule has 26 heavy (non-hydrogen) atoms. The number of aromatic nitrogens is 1. The number of hydrogen-bond donors (Lipinski definition) is 3. The largest absolute Gasteiger partial charge is 0.355 e. The SMILES string of the molecule is CCCCCCCCCNC(=O)Nc1ccc2[nH]c3ccccc3c2c1. The van der Waals surface area contributed by atoms with Crippen LogP contribution in [0.15, 0.2) is 42.5 Å². The van der Waals surface area contributed by atoms with E-state index in [9.17, 15) is 4.79 Å². The van der Waals surface area contributed by atoms with Gasteiger partial charge in [-0.3, -0.25) is 0 Å². The van der Waals surface area contributed by atoms with Crippen LogP contribution < -0.4 is 10.6 Å². The van der Waals surface area contributed by atoms with E-state index in [0.717, 1.165) is 35.1 Å². The average Bonchev–Trinajstić information content (AvgIpc) is 3.02. The summed E-state index contributed by atoms with van der Waals surface area (Å²) < 4.78 is 0. The van der Waals surface area contributed by atoms with Crippen LogP contribution in [0.3, 0.4) is 0 Å². The molecule has 3 N–H and O–H groups in total. The maximum atomic E-state index is 12.1. The molecule has 0 unspecified atom stereocenters. The summed E-state index contributed by atoms with van der Waals surface area (Å²) in [6, 6.07) is 14.1. The molecule has 2 aromatic carbocycles. The van der Waals surface area contributed by atoms with Gasteiger partial charge in [-0.05, 0) is 30.7 Å². The third-order valence-electron chi connectivity index (χ3n) is 4.83. The second kappa shape index (κ2) is 9.27. The van der Waals surface area contributed by atoms with Crippen molar-refractivity contribution < 1.29 is 4.79 Å². The Kier molecular flexibility index (Phi) is 6.53. The van der Waals surface area contributed by atoms with Crippen LogP contribution >= 0.6 is 0 Å². The van der Waals surface area contributed by atoms with Crippen molar-refractivity contribution in [1.29, 1.82) is 0 Å². The molecule has 1 aromatic heterocycles. The van der Waals surface area contributed by atoms with E-state index >= 15 is 0 Å². The highest BCUT2D eigenvalue weighted by molar-refractivity contribution is 6.08. The molecule has 3 aromatic rings. The maximum Gasteiger partial charge on any atom is 0.319 e. The zero-order valence-electron chi connectivity index (χ0n) is 15.6. The number of hydrogen-bond acceptors (Lipinski definition) is 1. The summed E-state index contributed by atoms with van der Waals surface area (Å²) in [6.45, 7) is 2.97. The number of anilines is 1. The number of aromatic amines is 1. The van der Waals surface area contributed by atoms with Crippen LogP contribution in [-0.4, -0.2) is 17.6 Å². The van der Waals surface area contributed by atoms with E-state index in [1.807, 2.05) is 30.3 Å². The minimum Gasteiger partial charge on any atom is -0.355 e. The molecule has 2 amide bonds. The third kappa shape index (κ3) is 4.78. The number of nitrogens with one attached hydrogen (secondary N) is 3. The molecule has 4 heteroatoms. The smallest absolute Gasteiger partial charge is 0.319 e. The van der Waals surface area contributed by atoms with E-state index in [2.05, 4.69) is 34.7 Å². The van der Waals surface area contributed by atoms with Crippen molar-refractivity contribution in [3.8, 4) is 0 Å². The number of amides is 2. The van der Waals surface area contributed by atoms with Crippen molar-refractivity contribution in [2.45, 2.75) is 51.9 Å². The zero-order valence-corrected chi connectivity index (χ0v) is 15.6. The van der Waals surface area contributed by atoms with Gasteiger partial charge in [-0.2, -0.15) is 0 Å². The van der Waals surface area contributed by atoms with Crippen molar-refractivity contribution in [1.82, 2.24) is 10.3 Å². The molecule has 0 aliphatic carbocycles. The Labute approximate surface area is 155 Å². The third-order valence-corrected chi connectivity index (χ3v) is 4.83. The number of benzene rings is 2. The van der Waals surface area contributed by atoms with Gasteiger partial charge in [-0.15, -0.1) is 0 Å². The highest BCUT2D eigenvalue weighted by atomic mass is 16.2. The topological polar surface area (TPSA) is 56.9 Å². The fourth-order valence-electron chi connectivity index (χ4n) is 3.39. The standard InChI is InChI=1S/C22H29N3O/c1-2-3-4-5-6-7-10-15-23-22(26)24-17-13-14-21-19(16-17)18-11-8-9-12-20(18)25-21/h8-9,11-14,16,25H,2-7,10,15H2,1H3,(H2,23,24,26). The molecular weight excluding hydrogens is 322 g/mol. The van der Waals surface area contributed by atoms with Crippen molar-refractivity contribution in [2.75, 3.05) is 11.9 Å². The van der Waals surface area contributed by atoms with Crippen molar-refractivity contribution >= 4 is 33.5 Å². The number of carbonyl (C=O) groups excluding carboxylic acids is 1. The summed E-state index contributed by atoms with van der Waals surface area (Å²) in [5.74, 6) is 0. The molecule has 0 atom stereocenters. The number of H-pyrrole nitrogens is 1. The van der Waals surface area contributed by atoms with Gasteiger partial charge in [-0.25, -0.2) is 4.79 Å². The van der Waals surface area contributed by atoms with Crippen molar-refractivity contribution in [2.24, 2.45) is 0 Å². The number of rotatable bonds is 9. The molecule has 0 aliphatic rings. The van der Waals surface area contributed by atoms with Crippen LogP contribution in [0.5, 0.6) is 0 Å². The molecule has 138 valence electrons. The Balaban J connectivity index is 1.46. The molecule has 0 aliphatic heterocycles. The summed E-state index contributed by atoms with van der Waals surface area (Å²) >= 11 is 0. The van der Waals surface area contributed by atoms with Gasteiger partial charge < -0.3 is 15.6 Å². The van der Waals surface area contributed by atoms with Crippen LogP contribution in [0.2, 0.25) is 0 Å². The van der Waals surface area contributed by atoms with Gasteiger partial charge >= 0.3 is 6.03 Å². The average molecular weight is 351 g/mol. The summed E-state index contributed by atoms with van der Waals surface area (Å²) in [6.07, 6.45) is 8.76. The van der Waals surface area contributed by atoms with Crippen LogP contribution in [0.4, 0.5) is 10.5 Å². The summed E-state index contributed by atoms with van der Waals surface area (Å²) in [5, 5.41) is 8.20. The Morgan fingerprint density at radius 1 is 0.885 bits per heavy atom. The van der Waals surface area contributed by atoms with Crippen molar-refractivity contribution in [3.05, 3.63) is 42.5 Å². The number of carbonyl (C=O) groups is 1. The molecule has 0 bridgehead atoms. The molecule has 3 rings (SSSR count). The van der Waals surface area contributed by atoms with Gasteiger partial charge in [0.05, 0.1) is 0 Å². The Morgan fingerprint density at radius 3 is 2.46 bits per heavy atom. The lowest BCUT2D eigenvalue weighted by Gasteiger charge is -2.08. The predicted octanol–water partition coefficient (Wildman–Crippen LogP) is 6.19. The second-order valence-corrected chi connectivity index (χ2v) is 6.93. The Bertz CT molecular complexity index is 853. The zero-order chi connectivity index (χ0) is 18.2. The van der Waals surface area contributed by atoms with E-state index in [-0.39, 0.29) is 6.03 Å². The monoisotopic (exact) mass is 351 g/mol. The quantitative estimate of drug-likeness (QED) is 0.395. The Morgan fingerprint density at radius 2 is 1.62 bits per heavy atom. The lowest BCUT2D eigenvalue weighted by Crippen LogP contribution is -2.29. The number of para-hydroxylation sites is 1.